The molecule has 2 atom stereocenters. The Labute approximate surface area is 132 Å². The number of likely N-dealkylation sites (N-methyl/N-ethyl adjacent to an activating group) is 1. The molecular weight excluding hydrogens is 278 g/mol. The molecule has 1 saturated heterocycles. The molecule has 0 saturated carbocycles. The van der Waals surface area contributed by atoms with Gasteiger partial charge in [0.05, 0.1) is 19.8 Å². The Morgan fingerprint density at radius 1 is 1.32 bits per heavy atom. The first-order valence-electron chi connectivity index (χ1n) is 8.03. The molecule has 1 aromatic carbocycles. The van der Waals surface area contributed by atoms with Crippen molar-refractivity contribution >= 4 is 0 Å². The first-order chi connectivity index (χ1) is 10.6. The third-order valence-corrected chi connectivity index (χ3v) is 5.01. The standard InChI is InChI=1S/C18H25NO3/c1-4-22-15-6-5-13(11-16(15)21-3)18-8-7-14(20)12-17(18)19(2)10-9-18/h5-6,11-12,14,20H,4,7-10H2,1-3H3/t14-,18-/m0/s1. The Morgan fingerprint density at radius 3 is 2.86 bits per heavy atom. The molecule has 120 valence electrons. The normalized spacial score (nSPS) is 27.4. The minimum absolute atomic E-state index is 0.00596. The highest BCUT2D eigenvalue weighted by Gasteiger charge is 2.45. The van der Waals surface area contributed by atoms with E-state index in [0.29, 0.717) is 6.61 Å². The lowest BCUT2D eigenvalue weighted by Gasteiger charge is -2.37. The predicted molar refractivity (Wildman–Crippen MR) is 86.4 cm³/mol. The van der Waals surface area contributed by atoms with Gasteiger partial charge in [-0.2, -0.15) is 0 Å². The summed E-state index contributed by atoms with van der Waals surface area (Å²) < 4.78 is 11.1. The van der Waals surface area contributed by atoms with Gasteiger partial charge in [0.15, 0.2) is 11.5 Å². The van der Waals surface area contributed by atoms with Gasteiger partial charge in [0.25, 0.3) is 0 Å². The van der Waals surface area contributed by atoms with Crippen LogP contribution in [0.15, 0.2) is 30.0 Å². The number of benzene rings is 1. The molecule has 1 aromatic rings. The molecule has 0 radical (unpaired) electrons. The van der Waals surface area contributed by atoms with Gasteiger partial charge in [0.2, 0.25) is 0 Å². The minimum Gasteiger partial charge on any atom is -0.493 e. The second-order valence-corrected chi connectivity index (χ2v) is 6.21. The van der Waals surface area contributed by atoms with Crippen LogP contribution in [0.5, 0.6) is 11.5 Å². The highest BCUT2D eigenvalue weighted by molar-refractivity contribution is 5.49. The van der Waals surface area contributed by atoms with Crippen LogP contribution in [-0.4, -0.2) is 43.4 Å². The summed E-state index contributed by atoms with van der Waals surface area (Å²) in [7, 11) is 3.79. The van der Waals surface area contributed by atoms with Gasteiger partial charge in [0.1, 0.15) is 0 Å². The molecule has 0 aromatic heterocycles. The van der Waals surface area contributed by atoms with Gasteiger partial charge in [-0.1, -0.05) is 6.07 Å². The van der Waals surface area contributed by atoms with Gasteiger partial charge >= 0.3 is 0 Å². The van der Waals surface area contributed by atoms with Crippen molar-refractivity contribution in [1.82, 2.24) is 4.90 Å². The van der Waals surface area contributed by atoms with Crippen LogP contribution in [0.1, 0.15) is 31.7 Å². The molecule has 22 heavy (non-hydrogen) atoms. The number of nitrogens with zero attached hydrogens (tertiary/aromatic N) is 1. The molecule has 1 aliphatic heterocycles. The SMILES string of the molecule is CCOc1ccc([C@@]23CC[C@H](O)C=C2N(C)CC3)cc1OC. The molecule has 4 heteroatoms. The third kappa shape index (κ3) is 2.35. The molecule has 3 rings (SSSR count). The highest BCUT2D eigenvalue weighted by atomic mass is 16.5. The number of rotatable bonds is 4. The van der Waals surface area contributed by atoms with Crippen LogP contribution in [0.3, 0.4) is 0 Å². The highest BCUT2D eigenvalue weighted by Crippen LogP contribution is 2.50. The van der Waals surface area contributed by atoms with E-state index in [-0.39, 0.29) is 11.5 Å². The zero-order valence-electron chi connectivity index (χ0n) is 13.6. The average molecular weight is 303 g/mol. The number of aliphatic hydroxyl groups is 1. The maximum Gasteiger partial charge on any atom is 0.161 e. The maximum absolute atomic E-state index is 10.0. The van der Waals surface area contributed by atoms with E-state index in [9.17, 15) is 5.11 Å². The van der Waals surface area contributed by atoms with Gasteiger partial charge < -0.3 is 19.5 Å². The van der Waals surface area contributed by atoms with Crippen LogP contribution in [0.2, 0.25) is 0 Å². The van der Waals surface area contributed by atoms with E-state index in [4.69, 9.17) is 9.47 Å². The number of methoxy groups -OCH3 is 1. The molecule has 0 unspecified atom stereocenters. The number of allylic oxidation sites excluding steroid dienone is 1. The number of aliphatic hydroxyl groups excluding tert-OH is 1. The molecule has 1 N–H and O–H groups in total. The lowest BCUT2D eigenvalue weighted by Crippen LogP contribution is -2.33. The van der Waals surface area contributed by atoms with Crippen molar-refractivity contribution in [1.29, 1.82) is 0 Å². The van der Waals surface area contributed by atoms with Gasteiger partial charge in [-0.15, -0.1) is 0 Å². The van der Waals surface area contributed by atoms with Crippen molar-refractivity contribution in [2.45, 2.75) is 37.7 Å². The molecule has 0 spiro atoms. The summed E-state index contributed by atoms with van der Waals surface area (Å²) in [5, 5.41) is 10.0. The summed E-state index contributed by atoms with van der Waals surface area (Å²) in [6.45, 7) is 3.62. The van der Waals surface area contributed by atoms with E-state index in [1.807, 2.05) is 19.1 Å². The lowest BCUT2D eigenvalue weighted by atomic mass is 9.70. The maximum atomic E-state index is 10.0. The fourth-order valence-electron chi connectivity index (χ4n) is 3.85. The number of likely N-dealkylation sites (tertiary alicyclic amines) is 1. The number of hydrogen-bond acceptors (Lipinski definition) is 4. The third-order valence-electron chi connectivity index (χ3n) is 5.01. The number of hydrogen-bond donors (Lipinski definition) is 1. The largest absolute Gasteiger partial charge is 0.493 e. The average Bonchev–Trinajstić information content (AvgIpc) is 2.86. The van der Waals surface area contributed by atoms with E-state index in [0.717, 1.165) is 37.3 Å². The van der Waals surface area contributed by atoms with E-state index in [2.05, 4.69) is 24.1 Å². The Kier molecular flexibility index (Phi) is 4.04. The zero-order valence-corrected chi connectivity index (χ0v) is 13.6. The van der Waals surface area contributed by atoms with Crippen molar-refractivity contribution in [3.8, 4) is 11.5 Å². The molecule has 1 heterocycles. The van der Waals surface area contributed by atoms with E-state index in [1.165, 1.54) is 11.3 Å². The predicted octanol–water partition coefficient (Wildman–Crippen LogP) is 2.71. The van der Waals surface area contributed by atoms with Crippen LogP contribution in [-0.2, 0) is 5.41 Å². The van der Waals surface area contributed by atoms with Gasteiger partial charge in [0, 0.05) is 24.7 Å². The molecule has 1 fully saturated rings. The fourth-order valence-corrected chi connectivity index (χ4v) is 3.85. The summed E-state index contributed by atoms with van der Waals surface area (Å²) in [5.74, 6) is 1.58. The monoisotopic (exact) mass is 303 g/mol. The second-order valence-electron chi connectivity index (χ2n) is 6.21. The fraction of sp³-hybridized carbons (Fsp3) is 0.556. The van der Waals surface area contributed by atoms with Crippen LogP contribution < -0.4 is 9.47 Å². The number of ether oxygens (including phenoxy) is 2. The quantitative estimate of drug-likeness (QED) is 0.928. The van der Waals surface area contributed by atoms with Gasteiger partial charge in [-0.25, -0.2) is 0 Å². The summed E-state index contributed by atoms with van der Waals surface area (Å²) in [6, 6.07) is 6.27. The Hall–Kier alpha value is -1.68. The van der Waals surface area contributed by atoms with Crippen LogP contribution in [0.25, 0.3) is 0 Å². The minimum atomic E-state index is -0.326. The Bertz CT molecular complexity index is 584. The van der Waals surface area contributed by atoms with Crippen molar-refractivity contribution in [3.63, 3.8) is 0 Å². The van der Waals surface area contributed by atoms with Crippen molar-refractivity contribution < 1.29 is 14.6 Å². The first kappa shape index (κ1) is 15.2. The van der Waals surface area contributed by atoms with E-state index in [1.54, 1.807) is 7.11 Å². The molecule has 2 aliphatic rings. The summed E-state index contributed by atoms with van der Waals surface area (Å²) in [5.41, 5.74) is 2.51. The van der Waals surface area contributed by atoms with Crippen LogP contribution in [0.4, 0.5) is 0 Å². The van der Waals surface area contributed by atoms with Crippen LogP contribution >= 0.6 is 0 Å². The second kappa shape index (κ2) is 5.84. The van der Waals surface area contributed by atoms with Gasteiger partial charge in [-0.05, 0) is 50.0 Å². The van der Waals surface area contributed by atoms with Crippen molar-refractivity contribution in [2.75, 3.05) is 27.3 Å². The Morgan fingerprint density at radius 2 is 2.14 bits per heavy atom. The van der Waals surface area contributed by atoms with Gasteiger partial charge in [-0.3, -0.25) is 0 Å². The summed E-state index contributed by atoms with van der Waals surface area (Å²) in [4.78, 5) is 2.27. The molecular formula is C18H25NO3. The topological polar surface area (TPSA) is 41.9 Å². The molecule has 0 bridgehead atoms. The summed E-state index contributed by atoms with van der Waals surface area (Å²) in [6.07, 6.45) is 4.57. The molecule has 0 amide bonds. The van der Waals surface area contributed by atoms with Crippen molar-refractivity contribution in [2.24, 2.45) is 0 Å². The lowest BCUT2D eigenvalue weighted by molar-refractivity contribution is 0.181. The Balaban J connectivity index is 2.04. The smallest absolute Gasteiger partial charge is 0.161 e. The van der Waals surface area contributed by atoms with E-state index < -0.39 is 0 Å². The van der Waals surface area contributed by atoms with Crippen molar-refractivity contribution in [3.05, 3.63) is 35.5 Å². The first-order valence-corrected chi connectivity index (χ1v) is 8.03. The zero-order chi connectivity index (χ0) is 15.7. The summed E-state index contributed by atoms with van der Waals surface area (Å²) >= 11 is 0. The van der Waals surface area contributed by atoms with E-state index >= 15 is 0 Å². The molecule has 1 aliphatic carbocycles. The van der Waals surface area contributed by atoms with Crippen LogP contribution in [0, 0.1) is 0 Å². The molecule has 4 nitrogen and oxygen atoms in total. The number of fused-ring (bicyclic) bond motifs is 1.